The van der Waals surface area contributed by atoms with Crippen LogP contribution in [0, 0.1) is 17.1 Å². The number of aromatic amines is 1. The number of aromatic nitrogens is 3. The summed E-state index contributed by atoms with van der Waals surface area (Å²) >= 11 is 13.2. The highest BCUT2D eigenvalue weighted by molar-refractivity contribution is 6.36. The minimum absolute atomic E-state index is 0.0356. The summed E-state index contributed by atoms with van der Waals surface area (Å²) in [6, 6.07) is 11.1. The molecule has 11 heteroatoms. The molecule has 1 fully saturated rings. The van der Waals surface area contributed by atoms with Gasteiger partial charge >= 0.3 is 0 Å². The molecule has 2 aromatic carbocycles. The second-order valence-electron chi connectivity index (χ2n) is 10.7. The summed E-state index contributed by atoms with van der Waals surface area (Å²) in [5.41, 5.74) is 10.4. The number of rotatable bonds is 5. The fourth-order valence-electron chi connectivity index (χ4n) is 5.91. The Bertz CT molecular complexity index is 1800. The van der Waals surface area contributed by atoms with E-state index in [0.29, 0.717) is 47.7 Å². The van der Waals surface area contributed by atoms with Gasteiger partial charge in [0.2, 0.25) is 5.91 Å². The minimum atomic E-state index is -0.686. The van der Waals surface area contributed by atoms with Gasteiger partial charge in [0, 0.05) is 47.1 Å². The molecular weight excluding hydrogens is 566 g/mol. The van der Waals surface area contributed by atoms with Crippen LogP contribution < -0.4 is 5.73 Å². The molecule has 1 saturated carbocycles. The molecule has 3 heterocycles. The lowest BCUT2D eigenvalue weighted by atomic mass is 9.90. The van der Waals surface area contributed by atoms with Gasteiger partial charge in [-0.15, -0.1) is 0 Å². The molecule has 41 heavy (non-hydrogen) atoms. The van der Waals surface area contributed by atoms with Gasteiger partial charge in [-0.2, -0.15) is 10.4 Å². The van der Waals surface area contributed by atoms with E-state index in [2.05, 4.69) is 4.98 Å². The van der Waals surface area contributed by atoms with Crippen LogP contribution in [-0.4, -0.2) is 38.0 Å². The lowest BCUT2D eigenvalue weighted by Crippen LogP contribution is -2.39. The molecule has 208 valence electrons. The Morgan fingerprint density at radius 2 is 1.93 bits per heavy atom. The van der Waals surface area contributed by atoms with Gasteiger partial charge in [-0.25, -0.2) is 4.39 Å². The van der Waals surface area contributed by atoms with Gasteiger partial charge in [0.1, 0.15) is 17.6 Å². The van der Waals surface area contributed by atoms with Crippen molar-refractivity contribution in [3.05, 3.63) is 86.5 Å². The van der Waals surface area contributed by atoms with E-state index in [-0.39, 0.29) is 16.5 Å². The van der Waals surface area contributed by atoms with Crippen molar-refractivity contribution in [2.75, 3.05) is 6.54 Å². The van der Waals surface area contributed by atoms with Crippen LogP contribution in [0.5, 0.6) is 0 Å². The van der Waals surface area contributed by atoms with Crippen molar-refractivity contribution in [1.29, 1.82) is 5.26 Å². The van der Waals surface area contributed by atoms with E-state index in [0.717, 1.165) is 34.1 Å². The largest absolute Gasteiger partial charge is 0.369 e. The summed E-state index contributed by atoms with van der Waals surface area (Å²) in [6.45, 7) is 2.23. The smallest absolute Gasteiger partial charge is 0.256 e. The van der Waals surface area contributed by atoms with Gasteiger partial charge in [-0.3, -0.25) is 14.3 Å². The number of fused-ring (bicyclic) bond motifs is 1. The number of nitrogens with two attached hydrogens (primary N) is 1. The van der Waals surface area contributed by atoms with Gasteiger partial charge in [0.05, 0.1) is 33.4 Å². The number of hydrogen-bond acceptors (Lipinski definition) is 4. The molecule has 0 radical (unpaired) electrons. The molecule has 0 spiro atoms. The number of H-pyrrole nitrogens is 1. The summed E-state index contributed by atoms with van der Waals surface area (Å²) in [7, 11) is 1.83. The van der Waals surface area contributed by atoms with E-state index in [1.165, 1.54) is 6.07 Å². The van der Waals surface area contributed by atoms with Crippen LogP contribution >= 0.6 is 23.2 Å². The highest BCUT2D eigenvalue weighted by atomic mass is 35.5. The van der Waals surface area contributed by atoms with Crippen molar-refractivity contribution in [2.24, 2.45) is 12.8 Å². The van der Waals surface area contributed by atoms with Crippen LogP contribution in [0.25, 0.3) is 22.4 Å². The third-order valence-electron chi connectivity index (χ3n) is 8.23. The number of aryl methyl sites for hydroxylation is 1. The number of amides is 2. The minimum Gasteiger partial charge on any atom is -0.369 e. The van der Waals surface area contributed by atoms with Crippen LogP contribution in [-0.2, 0) is 23.7 Å². The van der Waals surface area contributed by atoms with E-state index in [1.54, 1.807) is 27.9 Å². The van der Waals surface area contributed by atoms with Gasteiger partial charge in [0.25, 0.3) is 5.91 Å². The van der Waals surface area contributed by atoms with Crippen molar-refractivity contribution in [2.45, 2.75) is 37.6 Å². The Kier molecular flexibility index (Phi) is 6.44. The molecule has 0 bridgehead atoms. The quantitative estimate of drug-likeness (QED) is 0.310. The number of hydrogen-bond donors (Lipinski definition) is 2. The number of nitrogens with one attached hydrogen (secondary N) is 1. The Hall–Kier alpha value is -4.13. The number of primary amides is 1. The molecule has 4 aromatic rings. The summed E-state index contributed by atoms with van der Waals surface area (Å²) < 4.78 is 16.5. The maximum absolute atomic E-state index is 14.7. The van der Waals surface area contributed by atoms with Crippen LogP contribution in [0.2, 0.25) is 10.0 Å². The SMILES string of the molecule is C[C@H]1c2nn(C)c(-c3cc(Cl)cc(C4(C(N)=O)CC4)c3)c2CCN1C(=O)c1cc(F)cc(-c2c[nH]c(C#N)c2)c1Cl. The molecule has 2 aliphatic rings. The van der Waals surface area contributed by atoms with Crippen molar-refractivity contribution in [3.63, 3.8) is 0 Å². The molecular formula is C30H25Cl2FN6O2. The number of nitriles is 1. The predicted molar refractivity (Wildman–Crippen MR) is 153 cm³/mol. The molecule has 6 rings (SSSR count). The van der Waals surface area contributed by atoms with Crippen LogP contribution in [0.4, 0.5) is 4.39 Å². The average Bonchev–Trinajstić information content (AvgIpc) is 3.50. The fraction of sp³-hybridized carbons (Fsp3) is 0.267. The van der Waals surface area contributed by atoms with Crippen LogP contribution in [0.3, 0.4) is 0 Å². The first-order chi connectivity index (χ1) is 19.5. The maximum Gasteiger partial charge on any atom is 0.256 e. The monoisotopic (exact) mass is 590 g/mol. The first-order valence-corrected chi connectivity index (χ1v) is 13.9. The highest BCUT2D eigenvalue weighted by Gasteiger charge is 2.50. The Labute approximate surface area is 245 Å². The number of halogens is 3. The standard InChI is InChI=1S/C30H25Cl2FN6O2/c1-15-26-22(27(38(2)37-26)16-7-18(10-19(31)8-16)30(4-5-30)29(35)41)3-6-39(15)28(40)24-12-20(33)11-23(25(24)32)17-9-21(13-34)36-14-17/h7-12,14-15,36H,3-6H2,1-2H3,(H2,35,41)/t15-/m0/s1. The fourth-order valence-corrected chi connectivity index (χ4v) is 6.45. The van der Waals surface area contributed by atoms with Crippen molar-refractivity contribution < 1.29 is 14.0 Å². The van der Waals surface area contributed by atoms with E-state index < -0.39 is 23.2 Å². The first-order valence-electron chi connectivity index (χ1n) is 13.1. The van der Waals surface area contributed by atoms with E-state index in [9.17, 15) is 14.0 Å². The lowest BCUT2D eigenvalue weighted by molar-refractivity contribution is -0.120. The van der Waals surface area contributed by atoms with E-state index >= 15 is 0 Å². The summed E-state index contributed by atoms with van der Waals surface area (Å²) in [5, 5.41) is 14.5. The van der Waals surface area contributed by atoms with Crippen LogP contribution in [0.1, 0.15) is 58.7 Å². The third-order valence-corrected chi connectivity index (χ3v) is 8.86. The number of carbonyl (C=O) groups is 2. The Balaban J connectivity index is 1.35. The average molecular weight is 591 g/mol. The van der Waals surface area contributed by atoms with Crippen molar-refractivity contribution >= 4 is 35.0 Å². The number of nitrogens with zero attached hydrogens (tertiary/aromatic N) is 4. The van der Waals surface area contributed by atoms with Crippen molar-refractivity contribution in [1.82, 2.24) is 19.7 Å². The molecule has 2 aromatic heterocycles. The third kappa shape index (κ3) is 4.39. The second kappa shape index (κ2) is 9.75. The van der Waals surface area contributed by atoms with Gasteiger partial charge < -0.3 is 15.6 Å². The van der Waals surface area contributed by atoms with Crippen molar-refractivity contribution in [3.8, 4) is 28.5 Å². The predicted octanol–water partition coefficient (Wildman–Crippen LogP) is 5.68. The summed E-state index contributed by atoms with van der Waals surface area (Å²) in [5.74, 6) is -1.39. The highest BCUT2D eigenvalue weighted by Crippen LogP contribution is 2.50. The number of carbonyl (C=O) groups excluding carboxylic acids is 2. The molecule has 3 N–H and O–H groups in total. The molecule has 1 aliphatic heterocycles. The second-order valence-corrected chi connectivity index (χ2v) is 11.5. The first kappa shape index (κ1) is 27.1. The molecule has 1 aliphatic carbocycles. The van der Waals surface area contributed by atoms with Crippen LogP contribution in [0.15, 0.2) is 42.6 Å². The normalized spacial score (nSPS) is 17.2. The molecule has 8 nitrogen and oxygen atoms in total. The van der Waals surface area contributed by atoms with E-state index in [1.807, 2.05) is 32.2 Å². The molecule has 0 unspecified atom stereocenters. The zero-order valence-corrected chi connectivity index (χ0v) is 23.8. The van der Waals surface area contributed by atoms with Gasteiger partial charge in [-0.05, 0) is 68.1 Å². The summed E-state index contributed by atoms with van der Waals surface area (Å²) in [6.07, 6.45) is 3.43. The molecule has 1 atom stereocenters. The Morgan fingerprint density at radius 1 is 1.17 bits per heavy atom. The van der Waals surface area contributed by atoms with E-state index in [4.69, 9.17) is 39.3 Å². The molecule has 2 amide bonds. The van der Waals surface area contributed by atoms with Gasteiger partial charge in [-0.1, -0.05) is 23.2 Å². The Morgan fingerprint density at radius 3 is 2.59 bits per heavy atom. The zero-order chi connectivity index (χ0) is 29.2. The topological polar surface area (TPSA) is 121 Å². The maximum atomic E-state index is 14.7. The van der Waals surface area contributed by atoms with Gasteiger partial charge in [0.15, 0.2) is 0 Å². The lowest BCUT2D eigenvalue weighted by Gasteiger charge is -2.33. The molecule has 0 saturated heterocycles. The zero-order valence-electron chi connectivity index (χ0n) is 22.3. The summed E-state index contributed by atoms with van der Waals surface area (Å²) in [4.78, 5) is 30.4. The number of benzene rings is 2.